The molecule has 2 aromatic carbocycles. The van der Waals surface area contributed by atoms with Crippen LogP contribution in [0.2, 0.25) is 0 Å². The Morgan fingerprint density at radius 2 is 1.86 bits per heavy atom. The van der Waals surface area contributed by atoms with E-state index in [0.717, 1.165) is 23.4 Å². The molecule has 3 aromatic rings. The van der Waals surface area contributed by atoms with Gasteiger partial charge in [-0.3, -0.25) is 14.8 Å². The third-order valence-corrected chi connectivity index (χ3v) is 4.84. The SMILES string of the molecule is CC(CNCc1cn(C)nc1-c1ccc([N+](=O)[O-])cc1)N(C)c1ccccc1. The molecule has 1 N–H and O–H groups in total. The van der Waals surface area contributed by atoms with Crippen LogP contribution < -0.4 is 10.2 Å². The van der Waals surface area contributed by atoms with E-state index in [0.29, 0.717) is 12.6 Å². The molecule has 0 aliphatic carbocycles. The Morgan fingerprint density at radius 1 is 1.18 bits per heavy atom. The molecule has 0 amide bonds. The quantitative estimate of drug-likeness (QED) is 0.478. The number of nitro groups is 1. The zero-order valence-corrected chi connectivity index (χ0v) is 16.4. The molecule has 0 saturated heterocycles. The lowest BCUT2D eigenvalue weighted by Gasteiger charge is -2.27. The highest BCUT2D eigenvalue weighted by Gasteiger charge is 2.14. The number of hydrogen-bond donors (Lipinski definition) is 1. The van der Waals surface area contributed by atoms with Gasteiger partial charge in [0.15, 0.2) is 0 Å². The number of nitrogens with one attached hydrogen (secondary N) is 1. The molecule has 0 bridgehead atoms. The Morgan fingerprint density at radius 3 is 2.50 bits per heavy atom. The van der Waals surface area contributed by atoms with E-state index in [1.165, 1.54) is 17.8 Å². The Balaban J connectivity index is 1.64. The summed E-state index contributed by atoms with van der Waals surface area (Å²) >= 11 is 0. The number of benzene rings is 2. The number of hydrogen-bond acceptors (Lipinski definition) is 5. The summed E-state index contributed by atoms with van der Waals surface area (Å²) in [6, 6.07) is 17.1. The summed E-state index contributed by atoms with van der Waals surface area (Å²) in [6.07, 6.45) is 1.98. The first-order valence-electron chi connectivity index (χ1n) is 9.21. The van der Waals surface area contributed by atoms with Gasteiger partial charge in [-0.15, -0.1) is 0 Å². The van der Waals surface area contributed by atoms with Gasteiger partial charge in [-0.2, -0.15) is 5.10 Å². The highest BCUT2D eigenvalue weighted by Crippen LogP contribution is 2.24. The van der Waals surface area contributed by atoms with E-state index >= 15 is 0 Å². The van der Waals surface area contributed by atoms with Gasteiger partial charge in [0.2, 0.25) is 0 Å². The van der Waals surface area contributed by atoms with Crippen molar-refractivity contribution in [3.8, 4) is 11.3 Å². The second-order valence-corrected chi connectivity index (χ2v) is 6.91. The van der Waals surface area contributed by atoms with Crippen molar-refractivity contribution in [3.05, 3.63) is 76.5 Å². The molecule has 0 fully saturated rings. The molecule has 0 saturated carbocycles. The molecule has 0 spiro atoms. The van der Waals surface area contributed by atoms with Gasteiger partial charge in [0.1, 0.15) is 0 Å². The van der Waals surface area contributed by atoms with Crippen LogP contribution in [0.3, 0.4) is 0 Å². The van der Waals surface area contributed by atoms with Crippen molar-refractivity contribution in [2.75, 3.05) is 18.5 Å². The van der Waals surface area contributed by atoms with Gasteiger partial charge >= 0.3 is 0 Å². The number of para-hydroxylation sites is 1. The molecule has 1 unspecified atom stereocenters. The van der Waals surface area contributed by atoms with Crippen LogP contribution in [0.4, 0.5) is 11.4 Å². The van der Waals surface area contributed by atoms with Crippen LogP contribution in [-0.2, 0) is 13.6 Å². The van der Waals surface area contributed by atoms with E-state index < -0.39 is 4.92 Å². The smallest absolute Gasteiger partial charge is 0.269 e. The number of likely N-dealkylation sites (N-methyl/N-ethyl adjacent to an activating group) is 1. The number of aromatic nitrogens is 2. The normalized spacial score (nSPS) is 12.0. The highest BCUT2D eigenvalue weighted by atomic mass is 16.6. The lowest BCUT2D eigenvalue weighted by molar-refractivity contribution is -0.384. The first kappa shape index (κ1) is 19.6. The third kappa shape index (κ3) is 4.55. The van der Waals surface area contributed by atoms with Crippen molar-refractivity contribution in [1.82, 2.24) is 15.1 Å². The van der Waals surface area contributed by atoms with Crippen LogP contribution in [0, 0.1) is 10.1 Å². The standard InChI is InChI=1S/C21H25N5O2/c1-16(25(3)19-7-5-4-6-8-19)13-22-14-18-15-24(2)23-21(18)17-9-11-20(12-10-17)26(27)28/h4-12,15-16,22H,13-14H2,1-3H3. The number of nitro benzene ring substituents is 1. The Labute approximate surface area is 164 Å². The molecule has 7 heteroatoms. The minimum absolute atomic E-state index is 0.0807. The average molecular weight is 379 g/mol. The van der Waals surface area contributed by atoms with Gasteiger partial charge < -0.3 is 10.2 Å². The van der Waals surface area contributed by atoms with E-state index in [-0.39, 0.29) is 5.69 Å². The van der Waals surface area contributed by atoms with Gasteiger partial charge in [0, 0.05) is 68.4 Å². The van der Waals surface area contributed by atoms with E-state index in [4.69, 9.17) is 0 Å². The molecular formula is C21H25N5O2. The van der Waals surface area contributed by atoms with E-state index in [1.54, 1.807) is 16.8 Å². The highest BCUT2D eigenvalue weighted by molar-refractivity contribution is 5.64. The second-order valence-electron chi connectivity index (χ2n) is 6.91. The number of nitrogens with zero attached hydrogens (tertiary/aromatic N) is 4. The van der Waals surface area contributed by atoms with Crippen molar-refractivity contribution < 1.29 is 4.92 Å². The molecule has 0 aliphatic heterocycles. The van der Waals surface area contributed by atoms with Crippen molar-refractivity contribution >= 4 is 11.4 Å². The summed E-state index contributed by atoms with van der Waals surface area (Å²) < 4.78 is 1.77. The van der Waals surface area contributed by atoms with Crippen molar-refractivity contribution in [1.29, 1.82) is 0 Å². The molecule has 7 nitrogen and oxygen atoms in total. The zero-order chi connectivity index (χ0) is 20.1. The molecule has 3 rings (SSSR count). The van der Waals surface area contributed by atoms with Crippen LogP contribution in [0.25, 0.3) is 11.3 Å². The van der Waals surface area contributed by atoms with Crippen LogP contribution in [0.15, 0.2) is 60.8 Å². The lowest BCUT2D eigenvalue weighted by Crippen LogP contribution is -2.37. The third-order valence-electron chi connectivity index (χ3n) is 4.84. The van der Waals surface area contributed by atoms with Gasteiger partial charge in [-0.1, -0.05) is 18.2 Å². The summed E-state index contributed by atoms with van der Waals surface area (Å²) in [6.45, 7) is 3.67. The summed E-state index contributed by atoms with van der Waals surface area (Å²) in [5.41, 5.74) is 4.04. The first-order valence-corrected chi connectivity index (χ1v) is 9.21. The lowest BCUT2D eigenvalue weighted by atomic mass is 10.1. The van der Waals surface area contributed by atoms with Crippen LogP contribution in [0.5, 0.6) is 0 Å². The molecule has 0 aliphatic rings. The van der Waals surface area contributed by atoms with Crippen molar-refractivity contribution in [2.24, 2.45) is 7.05 Å². The predicted octanol–water partition coefficient (Wildman–Crippen LogP) is 3.61. The number of rotatable bonds is 8. The molecular weight excluding hydrogens is 354 g/mol. The fraction of sp³-hybridized carbons (Fsp3) is 0.286. The summed E-state index contributed by atoms with van der Waals surface area (Å²) in [4.78, 5) is 12.7. The monoisotopic (exact) mass is 379 g/mol. The van der Waals surface area contributed by atoms with Gasteiger partial charge in [0.25, 0.3) is 5.69 Å². The van der Waals surface area contributed by atoms with Crippen molar-refractivity contribution in [3.63, 3.8) is 0 Å². The first-order chi connectivity index (χ1) is 13.5. The van der Waals surface area contributed by atoms with Crippen LogP contribution in [0.1, 0.15) is 12.5 Å². The summed E-state index contributed by atoms with van der Waals surface area (Å²) in [5, 5.41) is 18.9. The maximum Gasteiger partial charge on any atom is 0.269 e. The van der Waals surface area contributed by atoms with Gasteiger partial charge in [-0.25, -0.2) is 0 Å². The number of non-ortho nitro benzene ring substituents is 1. The van der Waals surface area contributed by atoms with Crippen LogP contribution >= 0.6 is 0 Å². The fourth-order valence-corrected chi connectivity index (χ4v) is 3.12. The topological polar surface area (TPSA) is 76.2 Å². The number of anilines is 1. The maximum atomic E-state index is 10.9. The second kappa shape index (κ2) is 8.67. The molecule has 1 heterocycles. The maximum absolute atomic E-state index is 10.9. The zero-order valence-electron chi connectivity index (χ0n) is 16.4. The van der Waals surface area contributed by atoms with Crippen LogP contribution in [-0.4, -0.2) is 34.3 Å². The minimum Gasteiger partial charge on any atom is -0.371 e. The van der Waals surface area contributed by atoms with E-state index in [2.05, 4.69) is 41.4 Å². The Kier molecular flexibility index (Phi) is 6.06. The van der Waals surface area contributed by atoms with E-state index in [1.807, 2.05) is 31.4 Å². The summed E-state index contributed by atoms with van der Waals surface area (Å²) in [7, 11) is 3.97. The van der Waals surface area contributed by atoms with Gasteiger partial charge in [-0.05, 0) is 31.2 Å². The molecule has 0 radical (unpaired) electrons. The van der Waals surface area contributed by atoms with Crippen molar-refractivity contribution in [2.45, 2.75) is 19.5 Å². The molecule has 1 aromatic heterocycles. The number of aryl methyl sites for hydroxylation is 1. The largest absolute Gasteiger partial charge is 0.371 e. The fourth-order valence-electron chi connectivity index (χ4n) is 3.12. The minimum atomic E-state index is -0.394. The summed E-state index contributed by atoms with van der Waals surface area (Å²) in [5.74, 6) is 0. The average Bonchev–Trinajstić information content (AvgIpc) is 3.08. The Bertz CT molecular complexity index is 922. The van der Waals surface area contributed by atoms with E-state index in [9.17, 15) is 10.1 Å². The molecule has 1 atom stereocenters. The van der Waals surface area contributed by atoms with Gasteiger partial charge in [0.05, 0.1) is 10.6 Å². The Hall–Kier alpha value is -3.19. The molecule has 146 valence electrons. The molecule has 28 heavy (non-hydrogen) atoms. The predicted molar refractivity (Wildman–Crippen MR) is 111 cm³/mol.